The van der Waals surface area contributed by atoms with Gasteiger partial charge in [0, 0.05) is 19.0 Å². The maximum absolute atomic E-state index is 12.9. The lowest BCUT2D eigenvalue weighted by Gasteiger charge is -2.42. The van der Waals surface area contributed by atoms with Crippen molar-refractivity contribution in [2.45, 2.75) is 59.3 Å². The van der Waals surface area contributed by atoms with Gasteiger partial charge in [-0.25, -0.2) is 0 Å². The van der Waals surface area contributed by atoms with E-state index in [-0.39, 0.29) is 29.1 Å². The molecule has 4 heteroatoms. The highest BCUT2D eigenvalue weighted by molar-refractivity contribution is 5.81. The third-order valence-corrected chi connectivity index (χ3v) is 5.16. The number of rotatable bonds is 3. The fourth-order valence-corrected chi connectivity index (χ4v) is 3.80. The molecule has 2 unspecified atom stereocenters. The van der Waals surface area contributed by atoms with Crippen molar-refractivity contribution in [2.75, 3.05) is 19.7 Å². The van der Waals surface area contributed by atoms with Crippen molar-refractivity contribution in [2.24, 2.45) is 17.3 Å². The highest BCUT2D eigenvalue weighted by atomic mass is 16.5. The van der Waals surface area contributed by atoms with Gasteiger partial charge < -0.3 is 9.64 Å². The van der Waals surface area contributed by atoms with E-state index < -0.39 is 0 Å². The first kappa shape index (κ1) is 16.3. The quantitative estimate of drug-likeness (QED) is 0.752. The van der Waals surface area contributed by atoms with Crippen LogP contribution in [0.3, 0.4) is 0 Å². The van der Waals surface area contributed by atoms with Crippen LogP contribution in [0.25, 0.3) is 0 Å². The molecule has 1 saturated heterocycles. The van der Waals surface area contributed by atoms with Crippen LogP contribution in [-0.2, 0) is 14.3 Å². The van der Waals surface area contributed by atoms with Crippen molar-refractivity contribution in [1.82, 2.24) is 4.90 Å². The van der Waals surface area contributed by atoms with Crippen molar-refractivity contribution in [3.05, 3.63) is 0 Å². The summed E-state index contributed by atoms with van der Waals surface area (Å²) in [6, 6.07) is 0. The number of ether oxygens (including phenoxy) is 1. The minimum atomic E-state index is -0.141. The van der Waals surface area contributed by atoms with Crippen LogP contribution in [-0.4, -0.2) is 36.5 Å². The Labute approximate surface area is 128 Å². The van der Waals surface area contributed by atoms with Crippen molar-refractivity contribution in [1.29, 1.82) is 0 Å². The van der Waals surface area contributed by atoms with Gasteiger partial charge >= 0.3 is 5.97 Å². The first-order chi connectivity index (χ1) is 9.95. The largest absolute Gasteiger partial charge is 0.466 e. The monoisotopic (exact) mass is 295 g/mol. The van der Waals surface area contributed by atoms with Gasteiger partial charge in [0.1, 0.15) is 0 Å². The summed E-state index contributed by atoms with van der Waals surface area (Å²) in [5.74, 6) is 0.105. The predicted molar refractivity (Wildman–Crippen MR) is 81.7 cm³/mol. The molecule has 0 N–H and O–H groups in total. The number of amides is 1. The summed E-state index contributed by atoms with van der Waals surface area (Å²) < 4.78 is 5.12. The van der Waals surface area contributed by atoms with E-state index in [9.17, 15) is 9.59 Å². The molecule has 1 heterocycles. The third-order valence-electron chi connectivity index (χ3n) is 5.16. The molecule has 1 amide bonds. The Morgan fingerprint density at radius 2 is 1.95 bits per heavy atom. The molecule has 2 fully saturated rings. The van der Waals surface area contributed by atoms with Crippen LogP contribution in [0, 0.1) is 17.3 Å². The zero-order valence-corrected chi connectivity index (χ0v) is 13.7. The van der Waals surface area contributed by atoms with Crippen LogP contribution < -0.4 is 0 Å². The van der Waals surface area contributed by atoms with Crippen LogP contribution in [0.5, 0.6) is 0 Å². The molecule has 120 valence electrons. The molecule has 2 atom stereocenters. The van der Waals surface area contributed by atoms with Gasteiger partial charge in [-0.15, -0.1) is 0 Å². The summed E-state index contributed by atoms with van der Waals surface area (Å²) >= 11 is 0. The molecule has 0 aromatic heterocycles. The Bertz CT molecular complexity index is 391. The SMILES string of the molecule is CCOC(=O)C1CCCN(C(=O)C2CCCCC2(C)C)C1. The fraction of sp³-hybridized carbons (Fsp3) is 0.882. The molecule has 0 bridgehead atoms. The van der Waals surface area contributed by atoms with E-state index in [0.29, 0.717) is 13.2 Å². The minimum absolute atomic E-state index is 0.0895. The van der Waals surface area contributed by atoms with Crippen molar-refractivity contribution in [3.63, 3.8) is 0 Å². The molecular weight excluding hydrogens is 266 g/mol. The van der Waals surface area contributed by atoms with Gasteiger partial charge in [0.2, 0.25) is 5.91 Å². The molecule has 2 rings (SSSR count). The smallest absolute Gasteiger partial charge is 0.310 e. The van der Waals surface area contributed by atoms with Crippen molar-refractivity contribution >= 4 is 11.9 Å². The Morgan fingerprint density at radius 1 is 1.19 bits per heavy atom. The van der Waals surface area contributed by atoms with E-state index >= 15 is 0 Å². The van der Waals surface area contributed by atoms with Gasteiger partial charge in [0.05, 0.1) is 12.5 Å². The second kappa shape index (κ2) is 6.80. The Balaban J connectivity index is 2.00. The average Bonchev–Trinajstić information content (AvgIpc) is 2.46. The molecular formula is C17H29NO3. The number of esters is 1. The summed E-state index contributed by atoms with van der Waals surface area (Å²) in [4.78, 5) is 26.7. The highest BCUT2D eigenvalue weighted by Gasteiger charge is 2.40. The van der Waals surface area contributed by atoms with Gasteiger partial charge in [-0.2, -0.15) is 0 Å². The van der Waals surface area contributed by atoms with E-state index in [1.165, 1.54) is 6.42 Å². The number of carbonyl (C=O) groups excluding carboxylic acids is 2. The van der Waals surface area contributed by atoms with Gasteiger partial charge in [0.25, 0.3) is 0 Å². The zero-order chi connectivity index (χ0) is 15.5. The molecule has 0 spiro atoms. The minimum Gasteiger partial charge on any atom is -0.466 e. The molecule has 4 nitrogen and oxygen atoms in total. The van der Waals surface area contributed by atoms with Crippen molar-refractivity contribution < 1.29 is 14.3 Å². The topological polar surface area (TPSA) is 46.6 Å². The van der Waals surface area contributed by atoms with Crippen LogP contribution in [0.4, 0.5) is 0 Å². The molecule has 1 aliphatic heterocycles. The summed E-state index contributed by atoms with van der Waals surface area (Å²) in [7, 11) is 0. The van der Waals surface area contributed by atoms with Crippen LogP contribution >= 0.6 is 0 Å². The molecule has 0 radical (unpaired) electrons. The van der Waals surface area contributed by atoms with E-state index in [1.54, 1.807) is 0 Å². The number of hydrogen-bond donors (Lipinski definition) is 0. The normalized spacial score (nSPS) is 29.0. The number of piperidine rings is 1. The molecule has 0 aromatic carbocycles. The maximum atomic E-state index is 12.9. The third kappa shape index (κ3) is 3.78. The molecule has 1 saturated carbocycles. The Hall–Kier alpha value is -1.06. The van der Waals surface area contributed by atoms with Crippen LogP contribution in [0.2, 0.25) is 0 Å². The lowest BCUT2D eigenvalue weighted by atomic mass is 9.68. The first-order valence-corrected chi connectivity index (χ1v) is 8.41. The van der Waals surface area contributed by atoms with E-state index in [0.717, 1.165) is 38.6 Å². The fourth-order valence-electron chi connectivity index (χ4n) is 3.80. The average molecular weight is 295 g/mol. The van der Waals surface area contributed by atoms with E-state index in [4.69, 9.17) is 4.74 Å². The van der Waals surface area contributed by atoms with Gasteiger partial charge in [-0.1, -0.05) is 26.7 Å². The zero-order valence-electron chi connectivity index (χ0n) is 13.7. The molecule has 1 aliphatic carbocycles. The van der Waals surface area contributed by atoms with Crippen LogP contribution in [0.1, 0.15) is 59.3 Å². The summed E-state index contributed by atoms with van der Waals surface area (Å²) in [5.41, 5.74) is 0.0895. The van der Waals surface area contributed by atoms with E-state index in [1.807, 2.05) is 11.8 Å². The summed E-state index contributed by atoms with van der Waals surface area (Å²) in [5, 5.41) is 0. The van der Waals surface area contributed by atoms with Gasteiger partial charge in [-0.05, 0) is 38.0 Å². The number of hydrogen-bond acceptors (Lipinski definition) is 3. The number of carbonyl (C=O) groups is 2. The summed E-state index contributed by atoms with van der Waals surface area (Å²) in [6.45, 7) is 8.00. The van der Waals surface area contributed by atoms with Crippen molar-refractivity contribution in [3.8, 4) is 0 Å². The van der Waals surface area contributed by atoms with Gasteiger partial charge in [-0.3, -0.25) is 9.59 Å². The highest BCUT2D eigenvalue weighted by Crippen LogP contribution is 2.41. The summed E-state index contributed by atoms with van der Waals surface area (Å²) in [6.07, 6.45) is 6.24. The molecule has 21 heavy (non-hydrogen) atoms. The molecule has 2 aliphatic rings. The van der Waals surface area contributed by atoms with Crippen LogP contribution in [0.15, 0.2) is 0 Å². The predicted octanol–water partition coefficient (Wildman–Crippen LogP) is 3.00. The lowest BCUT2D eigenvalue weighted by molar-refractivity contribution is -0.153. The second-order valence-corrected chi connectivity index (χ2v) is 7.16. The number of nitrogens with zero attached hydrogens (tertiary/aromatic N) is 1. The van der Waals surface area contributed by atoms with Gasteiger partial charge in [0.15, 0.2) is 0 Å². The van der Waals surface area contributed by atoms with E-state index in [2.05, 4.69) is 13.8 Å². The maximum Gasteiger partial charge on any atom is 0.310 e. The Morgan fingerprint density at radius 3 is 2.62 bits per heavy atom. The lowest BCUT2D eigenvalue weighted by Crippen LogP contribution is -2.48. The first-order valence-electron chi connectivity index (χ1n) is 8.41. The number of likely N-dealkylation sites (tertiary alicyclic amines) is 1. The Kier molecular flexibility index (Phi) is 5.28. The second-order valence-electron chi connectivity index (χ2n) is 7.16. The standard InChI is InChI=1S/C17H29NO3/c1-4-21-16(20)13-8-7-11-18(12-13)15(19)14-9-5-6-10-17(14,2)3/h13-14H,4-12H2,1-3H3. The molecule has 0 aromatic rings.